The van der Waals surface area contributed by atoms with Crippen LogP contribution in [0.15, 0.2) is 59.2 Å². The van der Waals surface area contributed by atoms with Gasteiger partial charge >= 0.3 is 0 Å². The molecule has 0 atom stereocenters. The average Bonchev–Trinajstić information content (AvgIpc) is 3.20. The molecule has 0 bridgehead atoms. The molecular formula is C20H23N5O2. The molecule has 0 saturated carbocycles. The first kappa shape index (κ1) is 18.6. The van der Waals surface area contributed by atoms with Crippen molar-refractivity contribution in [2.24, 2.45) is 0 Å². The molecule has 27 heavy (non-hydrogen) atoms. The zero-order chi connectivity index (χ0) is 19.1. The fourth-order valence-electron chi connectivity index (χ4n) is 2.44. The van der Waals surface area contributed by atoms with Gasteiger partial charge in [0.2, 0.25) is 0 Å². The summed E-state index contributed by atoms with van der Waals surface area (Å²) >= 11 is 0. The third-order valence-electron chi connectivity index (χ3n) is 3.86. The topological polar surface area (TPSA) is 83.3 Å². The summed E-state index contributed by atoms with van der Waals surface area (Å²) in [4.78, 5) is 23.5. The summed E-state index contributed by atoms with van der Waals surface area (Å²) < 4.78 is 5.33. The lowest BCUT2D eigenvalue weighted by atomic mass is 10.2. The summed E-state index contributed by atoms with van der Waals surface area (Å²) in [7, 11) is 3.92. The monoisotopic (exact) mass is 365 g/mol. The number of rotatable bonds is 8. The van der Waals surface area contributed by atoms with E-state index >= 15 is 0 Å². The van der Waals surface area contributed by atoms with E-state index in [0.717, 1.165) is 17.9 Å². The minimum absolute atomic E-state index is 0.225. The van der Waals surface area contributed by atoms with Crippen molar-refractivity contribution in [3.05, 3.63) is 66.2 Å². The van der Waals surface area contributed by atoms with Crippen molar-refractivity contribution in [2.75, 3.05) is 32.5 Å². The molecule has 0 aliphatic carbocycles. The maximum atomic E-state index is 12.5. The number of nitrogens with one attached hydrogen (secondary N) is 2. The van der Waals surface area contributed by atoms with Gasteiger partial charge in [-0.2, -0.15) is 0 Å². The lowest BCUT2D eigenvalue weighted by Gasteiger charge is -2.12. The highest BCUT2D eigenvalue weighted by molar-refractivity contribution is 5.93. The molecule has 0 fully saturated rings. The van der Waals surface area contributed by atoms with E-state index in [0.29, 0.717) is 30.4 Å². The van der Waals surface area contributed by atoms with Crippen LogP contribution in [0.25, 0.3) is 11.4 Å². The number of carbonyl (C=O) groups is 1. The Morgan fingerprint density at radius 2 is 1.93 bits per heavy atom. The van der Waals surface area contributed by atoms with E-state index in [9.17, 15) is 4.79 Å². The lowest BCUT2D eigenvalue weighted by molar-refractivity contribution is 0.0946. The van der Waals surface area contributed by atoms with Crippen molar-refractivity contribution >= 4 is 11.7 Å². The second-order valence-electron chi connectivity index (χ2n) is 6.32. The van der Waals surface area contributed by atoms with Crippen LogP contribution in [0, 0.1) is 0 Å². The van der Waals surface area contributed by atoms with Crippen molar-refractivity contribution in [1.82, 2.24) is 20.2 Å². The van der Waals surface area contributed by atoms with E-state index in [4.69, 9.17) is 4.42 Å². The molecule has 7 heteroatoms. The van der Waals surface area contributed by atoms with E-state index in [1.807, 2.05) is 61.5 Å². The minimum atomic E-state index is -0.225. The highest BCUT2D eigenvalue weighted by Gasteiger charge is 2.13. The van der Waals surface area contributed by atoms with E-state index in [2.05, 4.69) is 20.6 Å². The third-order valence-corrected chi connectivity index (χ3v) is 3.86. The molecule has 0 radical (unpaired) electrons. The van der Waals surface area contributed by atoms with Gasteiger partial charge < -0.3 is 20.0 Å². The average molecular weight is 365 g/mol. The number of hydrogen-bond donors (Lipinski definition) is 2. The van der Waals surface area contributed by atoms with E-state index in [-0.39, 0.29) is 5.91 Å². The Kier molecular flexibility index (Phi) is 6.17. The zero-order valence-corrected chi connectivity index (χ0v) is 15.5. The number of likely N-dealkylation sites (N-methyl/N-ethyl adjacent to an activating group) is 1. The zero-order valence-electron chi connectivity index (χ0n) is 15.5. The van der Waals surface area contributed by atoms with Gasteiger partial charge in [-0.3, -0.25) is 4.79 Å². The van der Waals surface area contributed by atoms with Crippen LogP contribution in [0.1, 0.15) is 16.2 Å². The molecule has 3 rings (SSSR count). The van der Waals surface area contributed by atoms with Crippen LogP contribution < -0.4 is 10.6 Å². The molecule has 1 amide bonds. The lowest BCUT2D eigenvalue weighted by Crippen LogP contribution is -2.32. The molecule has 2 heterocycles. The first-order valence-electron chi connectivity index (χ1n) is 8.75. The summed E-state index contributed by atoms with van der Waals surface area (Å²) in [6.45, 7) is 1.78. The standard InChI is InChI=1S/C20H23N5O2/c1-25(2)11-10-21-20(26)17-13-18(22-14-16-9-6-12-27-16)24-19(23-17)15-7-4-3-5-8-15/h3-9,12-13H,10-11,14H2,1-2H3,(H,21,26)(H,22,23,24). The number of amides is 1. The van der Waals surface area contributed by atoms with Crippen LogP contribution in [0.2, 0.25) is 0 Å². The maximum absolute atomic E-state index is 12.5. The Labute approximate surface area is 158 Å². The Balaban J connectivity index is 1.82. The third kappa shape index (κ3) is 5.39. The fourth-order valence-corrected chi connectivity index (χ4v) is 2.44. The fraction of sp³-hybridized carbons (Fsp3) is 0.250. The van der Waals surface area contributed by atoms with Gasteiger partial charge in [-0.05, 0) is 26.2 Å². The molecule has 1 aromatic carbocycles. The molecule has 0 spiro atoms. The van der Waals surface area contributed by atoms with Gasteiger partial charge in [0.15, 0.2) is 5.82 Å². The molecule has 2 N–H and O–H groups in total. The van der Waals surface area contributed by atoms with Gasteiger partial charge in [-0.25, -0.2) is 9.97 Å². The van der Waals surface area contributed by atoms with Crippen molar-refractivity contribution in [2.45, 2.75) is 6.54 Å². The van der Waals surface area contributed by atoms with Crippen molar-refractivity contribution < 1.29 is 9.21 Å². The Hall–Kier alpha value is -3.19. The normalized spacial score (nSPS) is 10.8. The Morgan fingerprint density at radius 3 is 2.63 bits per heavy atom. The molecule has 3 aromatic rings. The SMILES string of the molecule is CN(C)CCNC(=O)c1cc(NCc2ccco2)nc(-c2ccccc2)n1. The minimum Gasteiger partial charge on any atom is -0.467 e. The molecule has 0 unspecified atom stereocenters. The second-order valence-corrected chi connectivity index (χ2v) is 6.32. The quantitative estimate of drug-likeness (QED) is 0.638. The van der Waals surface area contributed by atoms with Crippen LogP contribution in [-0.2, 0) is 6.54 Å². The van der Waals surface area contributed by atoms with Gasteiger partial charge in [0, 0.05) is 24.7 Å². The van der Waals surface area contributed by atoms with Crippen molar-refractivity contribution in [3.8, 4) is 11.4 Å². The van der Waals surface area contributed by atoms with Crippen LogP contribution >= 0.6 is 0 Å². The van der Waals surface area contributed by atoms with Crippen LogP contribution in [0.4, 0.5) is 5.82 Å². The van der Waals surface area contributed by atoms with Gasteiger partial charge in [-0.1, -0.05) is 30.3 Å². The molecular weight excluding hydrogens is 342 g/mol. The molecule has 0 aliphatic heterocycles. The maximum Gasteiger partial charge on any atom is 0.270 e. The molecule has 0 saturated heterocycles. The van der Waals surface area contributed by atoms with Crippen LogP contribution in [-0.4, -0.2) is 48.0 Å². The summed E-state index contributed by atoms with van der Waals surface area (Å²) in [6.07, 6.45) is 1.62. The van der Waals surface area contributed by atoms with E-state index in [1.54, 1.807) is 12.3 Å². The number of aromatic nitrogens is 2. The first-order valence-corrected chi connectivity index (χ1v) is 8.75. The van der Waals surface area contributed by atoms with E-state index in [1.165, 1.54) is 0 Å². The van der Waals surface area contributed by atoms with Gasteiger partial charge in [0.1, 0.15) is 17.3 Å². The molecule has 2 aromatic heterocycles. The number of furan rings is 1. The number of nitrogens with zero attached hydrogens (tertiary/aromatic N) is 3. The summed E-state index contributed by atoms with van der Waals surface area (Å²) in [5, 5.41) is 6.08. The predicted octanol–water partition coefficient (Wildman–Crippen LogP) is 2.64. The number of hydrogen-bond acceptors (Lipinski definition) is 6. The summed E-state index contributed by atoms with van der Waals surface area (Å²) in [5.74, 6) is 1.63. The highest BCUT2D eigenvalue weighted by Crippen LogP contribution is 2.18. The second kappa shape index (κ2) is 8.95. The first-order chi connectivity index (χ1) is 13.1. The summed E-state index contributed by atoms with van der Waals surface area (Å²) in [6, 6.07) is 14.9. The molecule has 7 nitrogen and oxygen atoms in total. The summed E-state index contributed by atoms with van der Waals surface area (Å²) in [5.41, 5.74) is 1.17. The smallest absolute Gasteiger partial charge is 0.270 e. The van der Waals surface area contributed by atoms with Crippen LogP contribution in [0.5, 0.6) is 0 Å². The molecule has 0 aliphatic rings. The largest absolute Gasteiger partial charge is 0.467 e. The van der Waals surface area contributed by atoms with Crippen molar-refractivity contribution in [1.29, 1.82) is 0 Å². The van der Waals surface area contributed by atoms with Gasteiger partial charge in [0.25, 0.3) is 5.91 Å². The number of carbonyl (C=O) groups excluding carboxylic acids is 1. The predicted molar refractivity (Wildman–Crippen MR) is 104 cm³/mol. The number of anilines is 1. The van der Waals surface area contributed by atoms with Gasteiger partial charge in [-0.15, -0.1) is 0 Å². The van der Waals surface area contributed by atoms with Crippen LogP contribution in [0.3, 0.4) is 0 Å². The Bertz CT molecular complexity index is 863. The Morgan fingerprint density at radius 1 is 1.11 bits per heavy atom. The van der Waals surface area contributed by atoms with Crippen molar-refractivity contribution in [3.63, 3.8) is 0 Å². The number of benzene rings is 1. The van der Waals surface area contributed by atoms with E-state index < -0.39 is 0 Å². The molecule has 140 valence electrons. The van der Waals surface area contributed by atoms with Gasteiger partial charge in [0.05, 0.1) is 12.8 Å². The highest BCUT2D eigenvalue weighted by atomic mass is 16.3.